The van der Waals surface area contributed by atoms with Crippen molar-refractivity contribution in [3.05, 3.63) is 182 Å². The van der Waals surface area contributed by atoms with Gasteiger partial charge in [-0.05, 0) is 126 Å². The van der Waals surface area contributed by atoms with Crippen molar-refractivity contribution in [1.82, 2.24) is 15.0 Å². The van der Waals surface area contributed by atoms with Crippen LogP contribution in [-0.2, 0) is 0 Å². The van der Waals surface area contributed by atoms with Crippen molar-refractivity contribution < 1.29 is 0 Å². The molecule has 0 saturated carbocycles. The zero-order chi connectivity index (χ0) is 38.3. The van der Waals surface area contributed by atoms with Crippen LogP contribution in [0.2, 0.25) is 0 Å². The van der Waals surface area contributed by atoms with E-state index in [2.05, 4.69) is 144 Å². The van der Waals surface area contributed by atoms with Gasteiger partial charge in [0.2, 0.25) is 0 Å². The molecule has 0 saturated heterocycles. The van der Waals surface area contributed by atoms with Crippen molar-refractivity contribution in [2.75, 3.05) is 0 Å². The van der Waals surface area contributed by atoms with Crippen molar-refractivity contribution in [1.29, 1.82) is 0 Å². The summed E-state index contributed by atoms with van der Waals surface area (Å²) in [6.45, 7) is 5.70. The molecule has 57 heavy (non-hydrogen) atoms. The van der Waals surface area contributed by atoms with E-state index < -0.39 is 0 Å². The van der Waals surface area contributed by atoms with Gasteiger partial charge in [0.1, 0.15) is 0 Å². The van der Waals surface area contributed by atoms with Crippen LogP contribution in [0.3, 0.4) is 0 Å². The fourth-order valence-corrected chi connectivity index (χ4v) is 9.81. The first kappa shape index (κ1) is 34.6. The molecule has 10 aromatic rings. The van der Waals surface area contributed by atoms with Crippen molar-refractivity contribution in [3.63, 3.8) is 0 Å². The van der Waals surface area contributed by atoms with Crippen LogP contribution in [0, 0.1) is 0 Å². The lowest BCUT2D eigenvalue weighted by molar-refractivity contribution is 1.18. The smallest absolute Gasteiger partial charge is 0.160 e. The maximum Gasteiger partial charge on any atom is 0.160 e. The van der Waals surface area contributed by atoms with Gasteiger partial charge in [-0.25, -0.2) is 9.97 Å². The fourth-order valence-electron chi connectivity index (χ4n) is 7.64. The SMILES string of the molecule is C=N/C=C(\C=C/C)c1cccc(-c2nc(-c3cccnc3)cc(-c3cc(-c4ccc5sc6ccccc6c5c4)cc(-c4ccc5sc6ccccc6c5c4)c3)n2)c1. The molecule has 4 aromatic heterocycles. The molecule has 4 nitrogen and oxygen atoms in total. The molecule has 0 atom stereocenters. The normalized spacial score (nSPS) is 12.1. The molecule has 6 heteroatoms. The van der Waals surface area contributed by atoms with E-state index in [1.54, 1.807) is 12.4 Å². The lowest BCUT2D eigenvalue weighted by Gasteiger charge is -2.14. The van der Waals surface area contributed by atoms with E-state index >= 15 is 0 Å². The number of allylic oxidation sites excluding steroid dienone is 3. The summed E-state index contributed by atoms with van der Waals surface area (Å²) < 4.78 is 5.16. The first-order valence-electron chi connectivity index (χ1n) is 18.8. The Labute approximate surface area is 338 Å². The van der Waals surface area contributed by atoms with Crippen molar-refractivity contribution >= 4 is 75.3 Å². The lowest BCUT2D eigenvalue weighted by atomic mass is 9.93. The van der Waals surface area contributed by atoms with Crippen LogP contribution < -0.4 is 0 Å². The standard InChI is InChI=1S/C51H34N4S2/c1-3-10-36(30-52-2)32-11-8-12-35(23-32)51-54-45(37-13-9-22-53-31-37)29-46(55-51)40-25-38(33-18-20-49-43(27-33)41-14-4-6-16-47(41)56-49)24-39(26-40)34-19-21-50-44(28-34)42-15-5-7-17-48(42)57-50/h3-31H,2H2,1H3/b10-3-,36-30+. The third-order valence-corrected chi connectivity index (χ3v) is 12.7. The van der Waals surface area contributed by atoms with Gasteiger partial charge < -0.3 is 0 Å². The minimum atomic E-state index is 0.629. The summed E-state index contributed by atoms with van der Waals surface area (Å²) in [4.78, 5) is 19.0. The number of hydrogen-bond acceptors (Lipinski definition) is 6. The lowest BCUT2D eigenvalue weighted by Crippen LogP contribution is -1.97. The van der Waals surface area contributed by atoms with Gasteiger partial charge >= 0.3 is 0 Å². The number of nitrogens with zero attached hydrogens (tertiary/aromatic N) is 4. The predicted molar refractivity (Wildman–Crippen MR) is 245 cm³/mol. The minimum absolute atomic E-state index is 0.629. The summed E-state index contributed by atoms with van der Waals surface area (Å²) in [5.41, 5.74) is 11.0. The summed E-state index contributed by atoms with van der Waals surface area (Å²) in [6, 6.07) is 52.3. The second-order valence-electron chi connectivity index (χ2n) is 14.0. The van der Waals surface area contributed by atoms with Gasteiger partial charge in [-0.3, -0.25) is 9.98 Å². The molecule has 10 rings (SSSR count). The van der Waals surface area contributed by atoms with E-state index in [1.807, 2.05) is 66.1 Å². The van der Waals surface area contributed by atoms with Crippen LogP contribution >= 0.6 is 22.7 Å². The summed E-state index contributed by atoms with van der Waals surface area (Å²) in [5, 5.41) is 5.11. The fraction of sp³-hybridized carbons (Fsp3) is 0.0196. The predicted octanol–water partition coefficient (Wildman–Crippen LogP) is 14.6. The van der Waals surface area contributed by atoms with E-state index in [1.165, 1.54) is 40.3 Å². The number of aromatic nitrogens is 3. The van der Waals surface area contributed by atoms with Crippen LogP contribution in [0.25, 0.3) is 102 Å². The minimum Gasteiger partial charge on any atom is -0.272 e. The molecule has 0 bridgehead atoms. The third-order valence-electron chi connectivity index (χ3n) is 10.4. The number of thiophene rings is 2. The highest BCUT2D eigenvalue weighted by Crippen LogP contribution is 2.41. The highest BCUT2D eigenvalue weighted by Gasteiger charge is 2.16. The number of rotatable bonds is 8. The van der Waals surface area contributed by atoms with E-state index in [0.717, 1.165) is 61.5 Å². The number of aliphatic imine (C=N–C) groups is 1. The molecule has 270 valence electrons. The van der Waals surface area contributed by atoms with Gasteiger partial charge in [-0.1, -0.05) is 78.9 Å². The highest BCUT2D eigenvalue weighted by molar-refractivity contribution is 7.26. The molecule has 0 unspecified atom stereocenters. The summed E-state index contributed by atoms with van der Waals surface area (Å²) in [7, 11) is 0. The molecule has 0 aliphatic rings. The number of fused-ring (bicyclic) bond motifs is 6. The van der Waals surface area contributed by atoms with Crippen LogP contribution in [0.15, 0.2) is 181 Å². The molecule has 4 heterocycles. The first-order valence-corrected chi connectivity index (χ1v) is 20.4. The molecule has 0 spiro atoms. The van der Waals surface area contributed by atoms with Gasteiger partial charge in [0.05, 0.1) is 11.4 Å². The van der Waals surface area contributed by atoms with Crippen LogP contribution in [0.4, 0.5) is 0 Å². The van der Waals surface area contributed by atoms with Crippen molar-refractivity contribution in [3.8, 4) is 56.2 Å². The quantitative estimate of drug-likeness (QED) is 0.114. The Balaban J connectivity index is 1.20. The van der Waals surface area contributed by atoms with Gasteiger partial charge in [-0.15, -0.1) is 22.7 Å². The Morgan fingerprint density at radius 1 is 0.526 bits per heavy atom. The van der Waals surface area contributed by atoms with E-state index in [9.17, 15) is 0 Å². The molecule has 0 amide bonds. The Morgan fingerprint density at radius 2 is 1.12 bits per heavy atom. The molecule has 6 aromatic carbocycles. The van der Waals surface area contributed by atoms with Crippen LogP contribution in [0.1, 0.15) is 12.5 Å². The molecule has 0 radical (unpaired) electrons. The summed E-state index contributed by atoms with van der Waals surface area (Å²) >= 11 is 3.68. The maximum absolute atomic E-state index is 5.33. The first-order chi connectivity index (χ1) is 28.1. The van der Waals surface area contributed by atoms with E-state index in [-0.39, 0.29) is 0 Å². The van der Waals surface area contributed by atoms with Gasteiger partial charge in [0.15, 0.2) is 5.82 Å². The number of benzene rings is 6. The Morgan fingerprint density at radius 3 is 1.74 bits per heavy atom. The molecular formula is C51H34N4S2. The van der Waals surface area contributed by atoms with E-state index in [4.69, 9.17) is 9.97 Å². The largest absolute Gasteiger partial charge is 0.272 e. The zero-order valence-corrected chi connectivity index (χ0v) is 32.7. The Hall–Kier alpha value is -6.86. The Kier molecular flexibility index (Phi) is 8.90. The monoisotopic (exact) mass is 766 g/mol. The topological polar surface area (TPSA) is 51.0 Å². The second-order valence-corrected chi connectivity index (χ2v) is 16.1. The van der Waals surface area contributed by atoms with E-state index in [0.29, 0.717) is 5.82 Å². The molecule has 0 N–H and O–H groups in total. The summed E-state index contributed by atoms with van der Waals surface area (Å²) in [6.07, 6.45) is 9.46. The van der Waals surface area contributed by atoms with Crippen molar-refractivity contribution in [2.45, 2.75) is 6.92 Å². The zero-order valence-electron chi connectivity index (χ0n) is 31.1. The average Bonchev–Trinajstić information content (AvgIpc) is 3.84. The van der Waals surface area contributed by atoms with Crippen molar-refractivity contribution in [2.24, 2.45) is 4.99 Å². The second kappa shape index (κ2) is 14.7. The van der Waals surface area contributed by atoms with Crippen LogP contribution in [0.5, 0.6) is 0 Å². The van der Waals surface area contributed by atoms with Gasteiger partial charge in [0.25, 0.3) is 0 Å². The third kappa shape index (κ3) is 6.55. The van der Waals surface area contributed by atoms with Gasteiger partial charge in [0, 0.05) is 75.6 Å². The summed E-state index contributed by atoms with van der Waals surface area (Å²) in [5.74, 6) is 0.629. The average molecular weight is 767 g/mol. The maximum atomic E-state index is 5.33. The molecule has 0 aliphatic heterocycles. The molecule has 0 fully saturated rings. The molecular weight excluding hydrogens is 733 g/mol. The number of hydrogen-bond donors (Lipinski definition) is 0. The molecule has 0 aliphatic carbocycles. The van der Waals surface area contributed by atoms with Crippen LogP contribution in [-0.4, -0.2) is 21.7 Å². The van der Waals surface area contributed by atoms with Gasteiger partial charge in [-0.2, -0.15) is 0 Å². The highest BCUT2D eigenvalue weighted by atomic mass is 32.1. The number of pyridine rings is 1. The Bertz CT molecular complexity index is 3090.